The lowest BCUT2D eigenvalue weighted by Gasteiger charge is -2.36. The van der Waals surface area contributed by atoms with Gasteiger partial charge in [0.05, 0.1) is 10.2 Å². The molecule has 2 aromatic carbocycles. The fourth-order valence-electron chi connectivity index (χ4n) is 3.46. The van der Waals surface area contributed by atoms with Crippen LogP contribution in [0, 0.1) is 0 Å². The van der Waals surface area contributed by atoms with Gasteiger partial charge in [0.25, 0.3) is 0 Å². The Morgan fingerprint density at radius 2 is 1.69 bits per heavy atom. The van der Waals surface area contributed by atoms with Crippen LogP contribution in [0.2, 0.25) is 0 Å². The summed E-state index contributed by atoms with van der Waals surface area (Å²) < 4.78 is 6.57. The van der Waals surface area contributed by atoms with E-state index >= 15 is 0 Å². The van der Waals surface area contributed by atoms with Gasteiger partial charge in [-0.2, -0.15) is 0 Å². The lowest BCUT2D eigenvalue weighted by Crippen LogP contribution is -2.50. The predicted octanol–water partition coefficient (Wildman–Crippen LogP) is 4.60. The number of ether oxygens (including phenoxy) is 1. The van der Waals surface area contributed by atoms with E-state index < -0.39 is 5.60 Å². The second-order valence-corrected chi connectivity index (χ2v) is 9.30. The SMILES string of the molecule is CC(C)(C)OC(=O)N1CCN(c2ccc(-c3ccc4nc(N)sc4c3)cc2)CC1. The number of benzene rings is 2. The van der Waals surface area contributed by atoms with Gasteiger partial charge < -0.3 is 20.3 Å². The van der Waals surface area contributed by atoms with Crippen LogP contribution in [0.25, 0.3) is 21.3 Å². The first-order valence-electron chi connectivity index (χ1n) is 9.78. The maximum atomic E-state index is 12.2. The molecule has 1 aliphatic rings. The molecule has 29 heavy (non-hydrogen) atoms. The summed E-state index contributed by atoms with van der Waals surface area (Å²) in [5.74, 6) is 0. The van der Waals surface area contributed by atoms with Crippen molar-refractivity contribution in [2.24, 2.45) is 0 Å². The summed E-state index contributed by atoms with van der Waals surface area (Å²) in [5, 5.41) is 0.595. The van der Waals surface area contributed by atoms with Crippen molar-refractivity contribution in [1.82, 2.24) is 9.88 Å². The third-order valence-corrected chi connectivity index (χ3v) is 5.75. The molecule has 7 heteroatoms. The van der Waals surface area contributed by atoms with E-state index in [0.717, 1.165) is 34.4 Å². The molecule has 2 N–H and O–H groups in total. The zero-order valence-electron chi connectivity index (χ0n) is 17.0. The van der Waals surface area contributed by atoms with Gasteiger partial charge in [-0.05, 0) is 56.2 Å². The van der Waals surface area contributed by atoms with E-state index in [1.165, 1.54) is 17.0 Å². The number of thiazole rings is 1. The molecule has 0 atom stereocenters. The largest absolute Gasteiger partial charge is 0.444 e. The van der Waals surface area contributed by atoms with E-state index in [-0.39, 0.29) is 6.09 Å². The summed E-state index contributed by atoms with van der Waals surface area (Å²) in [5.41, 5.74) is 9.77. The van der Waals surface area contributed by atoms with Crippen LogP contribution >= 0.6 is 11.3 Å². The molecule has 6 nitrogen and oxygen atoms in total. The van der Waals surface area contributed by atoms with Crippen LogP contribution in [0.1, 0.15) is 20.8 Å². The number of carbonyl (C=O) groups excluding carboxylic acids is 1. The zero-order valence-corrected chi connectivity index (χ0v) is 17.8. The Hall–Kier alpha value is -2.80. The van der Waals surface area contributed by atoms with Crippen LogP contribution in [-0.2, 0) is 4.74 Å². The Kier molecular flexibility index (Phi) is 5.08. The quantitative estimate of drug-likeness (QED) is 0.668. The van der Waals surface area contributed by atoms with Crippen LogP contribution in [-0.4, -0.2) is 47.8 Å². The molecule has 0 spiro atoms. The average molecular weight is 411 g/mol. The predicted molar refractivity (Wildman–Crippen MR) is 119 cm³/mol. The fraction of sp³-hybridized carbons (Fsp3) is 0.364. The third kappa shape index (κ3) is 4.45. The summed E-state index contributed by atoms with van der Waals surface area (Å²) in [6.45, 7) is 8.61. The Labute approximate surface area is 174 Å². The van der Waals surface area contributed by atoms with E-state index in [9.17, 15) is 4.79 Å². The second-order valence-electron chi connectivity index (χ2n) is 8.24. The molecule has 1 saturated heterocycles. The van der Waals surface area contributed by atoms with Gasteiger partial charge in [-0.1, -0.05) is 29.5 Å². The number of carbonyl (C=O) groups is 1. The number of anilines is 2. The zero-order chi connectivity index (χ0) is 20.6. The number of piperazine rings is 1. The standard InChI is InChI=1S/C22H26N4O2S/c1-22(2,3)28-21(27)26-12-10-25(11-13-26)17-7-4-15(5-8-17)16-6-9-18-19(14-16)29-20(23)24-18/h4-9,14H,10-13H2,1-3H3,(H2,23,24). The van der Waals surface area contributed by atoms with E-state index in [0.29, 0.717) is 18.2 Å². The molecule has 0 aliphatic carbocycles. The minimum atomic E-state index is -0.460. The van der Waals surface area contributed by atoms with Gasteiger partial charge in [0.15, 0.2) is 5.13 Å². The van der Waals surface area contributed by atoms with Crippen molar-refractivity contribution >= 4 is 38.5 Å². The number of hydrogen-bond acceptors (Lipinski definition) is 6. The van der Waals surface area contributed by atoms with Crippen molar-refractivity contribution in [3.8, 4) is 11.1 Å². The summed E-state index contributed by atoms with van der Waals surface area (Å²) in [6.07, 6.45) is -0.230. The second kappa shape index (κ2) is 7.55. The number of nitrogens with zero attached hydrogens (tertiary/aromatic N) is 3. The number of hydrogen-bond donors (Lipinski definition) is 1. The van der Waals surface area contributed by atoms with Gasteiger partial charge in [0.1, 0.15) is 5.60 Å². The highest BCUT2D eigenvalue weighted by Crippen LogP contribution is 2.30. The summed E-state index contributed by atoms with van der Waals surface area (Å²) in [6, 6.07) is 14.8. The van der Waals surface area contributed by atoms with Crippen molar-refractivity contribution < 1.29 is 9.53 Å². The molecule has 0 bridgehead atoms. The molecule has 1 aliphatic heterocycles. The first kappa shape index (κ1) is 19.5. The summed E-state index contributed by atoms with van der Waals surface area (Å²) in [7, 11) is 0. The third-order valence-electron chi connectivity index (χ3n) is 4.90. The minimum Gasteiger partial charge on any atom is -0.444 e. The normalized spacial score (nSPS) is 15.0. The monoisotopic (exact) mass is 410 g/mol. The Balaban J connectivity index is 1.41. The first-order chi connectivity index (χ1) is 13.8. The van der Waals surface area contributed by atoms with Crippen LogP contribution in [0.5, 0.6) is 0 Å². The molecule has 3 aromatic rings. The molecule has 0 saturated carbocycles. The lowest BCUT2D eigenvalue weighted by molar-refractivity contribution is 0.0240. The Bertz CT molecular complexity index is 1020. The van der Waals surface area contributed by atoms with Crippen LogP contribution in [0.4, 0.5) is 15.6 Å². The van der Waals surface area contributed by atoms with E-state index in [1.54, 1.807) is 4.90 Å². The molecule has 1 amide bonds. The van der Waals surface area contributed by atoms with Gasteiger partial charge in [-0.3, -0.25) is 0 Å². The Morgan fingerprint density at radius 1 is 1.03 bits per heavy atom. The number of nitrogens with two attached hydrogens (primary N) is 1. The number of nitrogen functional groups attached to an aromatic ring is 1. The number of fused-ring (bicyclic) bond motifs is 1. The van der Waals surface area contributed by atoms with Gasteiger partial charge in [0, 0.05) is 31.9 Å². The Morgan fingerprint density at radius 3 is 2.34 bits per heavy atom. The lowest BCUT2D eigenvalue weighted by atomic mass is 10.0. The highest BCUT2D eigenvalue weighted by molar-refractivity contribution is 7.22. The first-order valence-corrected chi connectivity index (χ1v) is 10.6. The van der Waals surface area contributed by atoms with Crippen LogP contribution < -0.4 is 10.6 Å². The van der Waals surface area contributed by atoms with Gasteiger partial charge in [-0.15, -0.1) is 0 Å². The average Bonchev–Trinajstić information content (AvgIpc) is 3.06. The topological polar surface area (TPSA) is 71.7 Å². The summed E-state index contributed by atoms with van der Waals surface area (Å²) >= 11 is 1.51. The van der Waals surface area contributed by atoms with Gasteiger partial charge in [-0.25, -0.2) is 9.78 Å². The highest BCUT2D eigenvalue weighted by Gasteiger charge is 2.25. The van der Waals surface area contributed by atoms with Crippen LogP contribution in [0.3, 0.4) is 0 Å². The molecular formula is C22H26N4O2S. The van der Waals surface area contributed by atoms with Crippen molar-refractivity contribution in [3.63, 3.8) is 0 Å². The molecular weight excluding hydrogens is 384 g/mol. The van der Waals surface area contributed by atoms with Crippen molar-refractivity contribution in [1.29, 1.82) is 0 Å². The van der Waals surface area contributed by atoms with Crippen molar-refractivity contribution in [3.05, 3.63) is 42.5 Å². The van der Waals surface area contributed by atoms with Gasteiger partial charge >= 0.3 is 6.09 Å². The summed E-state index contributed by atoms with van der Waals surface area (Å²) in [4.78, 5) is 20.6. The van der Waals surface area contributed by atoms with E-state index in [1.807, 2.05) is 26.8 Å². The molecule has 0 radical (unpaired) electrons. The van der Waals surface area contributed by atoms with E-state index in [4.69, 9.17) is 10.5 Å². The molecule has 1 fully saturated rings. The van der Waals surface area contributed by atoms with E-state index in [2.05, 4.69) is 46.3 Å². The molecule has 152 valence electrons. The smallest absolute Gasteiger partial charge is 0.410 e. The molecule has 2 heterocycles. The molecule has 1 aromatic heterocycles. The number of aromatic nitrogens is 1. The highest BCUT2D eigenvalue weighted by atomic mass is 32.1. The van der Waals surface area contributed by atoms with Crippen LogP contribution in [0.15, 0.2) is 42.5 Å². The number of rotatable bonds is 2. The maximum Gasteiger partial charge on any atom is 0.410 e. The fourth-order valence-corrected chi connectivity index (χ4v) is 4.23. The van der Waals surface area contributed by atoms with Crippen molar-refractivity contribution in [2.75, 3.05) is 36.8 Å². The minimum absolute atomic E-state index is 0.230. The molecule has 4 rings (SSSR count). The van der Waals surface area contributed by atoms with Crippen molar-refractivity contribution in [2.45, 2.75) is 26.4 Å². The maximum absolute atomic E-state index is 12.2. The van der Waals surface area contributed by atoms with Gasteiger partial charge in [0.2, 0.25) is 0 Å². The number of amides is 1. The molecule has 0 unspecified atom stereocenters.